The van der Waals surface area contributed by atoms with Crippen LogP contribution in [0.5, 0.6) is 0 Å². The van der Waals surface area contributed by atoms with Gasteiger partial charge in [-0.3, -0.25) is 9.59 Å². The van der Waals surface area contributed by atoms with Crippen LogP contribution in [0.2, 0.25) is 0 Å². The number of methoxy groups -OCH3 is 1. The molecule has 2 saturated carbocycles. The number of hydrogen-bond donors (Lipinski definition) is 0. The molecule has 2 aliphatic carbocycles. The van der Waals surface area contributed by atoms with Gasteiger partial charge in [-0.2, -0.15) is 0 Å². The van der Waals surface area contributed by atoms with Crippen molar-refractivity contribution in [2.75, 3.05) is 7.11 Å². The molecule has 0 aromatic heterocycles. The number of carbonyl (C=O) groups excluding carboxylic acids is 2. The highest BCUT2D eigenvalue weighted by Crippen LogP contribution is 2.69. The zero-order valence-corrected chi connectivity index (χ0v) is 16.7. The first-order valence-electron chi connectivity index (χ1n) is 9.86. The Morgan fingerprint density at radius 3 is 2.68 bits per heavy atom. The molecule has 0 bridgehead atoms. The Balaban J connectivity index is 1.78. The average molecular weight is 350 g/mol. The predicted molar refractivity (Wildman–Crippen MR) is 96.0 cm³/mol. The van der Waals surface area contributed by atoms with Crippen molar-refractivity contribution in [2.24, 2.45) is 28.6 Å². The molecule has 1 heterocycles. The van der Waals surface area contributed by atoms with Crippen molar-refractivity contribution in [2.45, 2.75) is 84.8 Å². The molecule has 0 spiro atoms. The molecule has 7 atom stereocenters. The van der Waals surface area contributed by atoms with Crippen molar-refractivity contribution in [1.29, 1.82) is 0 Å². The van der Waals surface area contributed by atoms with E-state index in [1.807, 2.05) is 0 Å². The van der Waals surface area contributed by atoms with Crippen LogP contribution in [0.1, 0.15) is 73.1 Å². The maximum atomic E-state index is 12.6. The smallest absolute Gasteiger partial charge is 0.305 e. The molecule has 4 heteroatoms. The van der Waals surface area contributed by atoms with Gasteiger partial charge >= 0.3 is 5.97 Å². The summed E-state index contributed by atoms with van der Waals surface area (Å²) in [5, 5.41) is 0. The standard InChI is InChI=1S/C21H34O4/c1-13(11-17(23)24-6)7-9-19(3)14(2)8-10-20(4)16(19)12-15(22)18-21(20,5)25-18/h13-14,16,18H,7-12H2,1-6H3. The molecule has 1 aliphatic heterocycles. The third-order valence-electron chi connectivity index (χ3n) is 8.34. The van der Waals surface area contributed by atoms with Crippen LogP contribution in [0.15, 0.2) is 0 Å². The van der Waals surface area contributed by atoms with E-state index in [1.165, 1.54) is 13.5 Å². The van der Waals surface area contributed by atoms with Gasteiger partial charge in [0.25, 0.3) is 0 Å². The largest absolute Gasteiger partial charge is 0.469 e. The Morgan fingerprint density at radius 1 is 1.36 bits per heavy atom. The maximum absolute atomic E-state index is 12.6. The van der Waals surface area contributed by atoms with Crippen molar-refractivity contribution in [3.8, 4) is 0 Å². The van der Waals surface area contributed by atoms with E-state index in [1.54, 1.807) is 0 Å². The molecule has 7 unspecified atom stereocenters. The average Bonchev–Trinajstić information content (AvgIpc) is 3.27. The van der Waals surface area contributed by atoms with E-state index in [0.717, 1.165) is 19.3 Å². The first kappa shape index (κ1) is 18.9. The van der Waals surface area contributed by atoms with E-state index in [4.69, 9.17) is 9.47 Å². The molecule has 0 aromatic carbocycles. The van der Waals surface area contributed by atoms with Crippen LogP contribution in [0.4, 0.5) is 0 Å². The van der Waals surface area contributed by atoms with E-state index in [9.17, 15) is 9.59 Å². The van der Waals surface area contributed by atoms with Crippen molar-refractivity contribution in [3.05, 3.63) is 0 Å². The first-order chi connectivity index (χ1) is 11.6. The van der Waals surface area contributed by atoms with Crippen LogP contribution in [0, 0.1) is 28.6 Å². The summed E-state index contributed by atoms with van der Waals surface area (Å²) in [4.78, 5) is 24.1. The second-order valence-electron chi connectivity index (χ2n) is 9.62. The van der Waals surface area contributed by atoms with Crippen molar-refractivity contribution >= 4 is 11.8 Å². The lowest BCUT2D eigenvalue weighted by molar-refractivity contribution is -0.142. The van der Waals surface area contributed by atoms with Crippen LogP contribution in [0.3, 0.4) is 0 Å². The molecule has 1 saturated heterocycles. The Labute approximate surface area is 152 Å². The van der Waals surface area contributed by atoms with Gasteiger partial charge in [-0.25, -0.2) is 0 Å². The molecular formula is C21H34O4. The van der Waals surface area contributed by atoms with Gasteiger partial charge in [0.05, 0.1) is 7.11 Å². The minimum atomic E-state index is -0.258. The zero-order valence-electron chi connectivity index (χ0n) is 16.7. The zero-order chi connectivity index (χ0) is 18.6. The number of ether oxygens (including phenoxy) is 2. The van der Waals surface area contributed by atoms with E-state index in [-0.39, 0.29) is 28.5 Å². The topological polar surface area (TPSA) is 55.9 Å². The number of ketones is 1. The lowest BCUT2D eigenvalue weighted by Gasteiger charge is -2.58. The van der Waals surface area contributed by atoms with Crippen LogP contribution < -0.4 is 0 Å². The SMILES string of the molecule is COC(=O)CC(C)CCC1(C)C(C)CCC2(C)C1CC(=O)C1OC12C. The van der Waals surface area contributed by atoms with Crippen LogP contribution in [0.25, 0.3) is 0 Å². The monoisotopic (exact) mass is 350 g/mol. The molecule has 3 aliphatic rings. The quantitative estimate of drug-likeness (QED) is 0.552. The summed E-state index contributed by atoms with van der Waals surface area (Å²) in [6.45, 7) is 11.4. The fourth-order valence-corrected chi connectivity index (χ4v) is 5.92. The summed E-state index contributed by atoms with van der Waals surface area (Å²) in [5.74, 6) is 1.43. The third kappa shape index (κ3) is 2.75. The summed E-state index contributed by atoms with van der Waals surface area (Å²) >= 11 is 0. The van der Waals surface area contributed by atoms with Crippen molar-refractivity contribution in [3.63, 3.8) is 0 Å². The van der Waals surface area contributed by atoms with Gasteiger partial charge in [0.15, 0.2) is 5.78 Å². The fourth-order valence-electron chi connectivity index (χ4n) is 5.92. The first-order valence-corrected chi connectivity index (χ1v) is 9.86. The lowest BCUT2D eigenvalue weighted by atomic mass is 9.44. The van der Waals surface area contributed by atoms with Gasteiger partial charge in [-0.1, -0.05) is 27.7 Å². The second-order valence-corrected chi connectivity index (χ2v) is 9.62. The van der Waals surface area contributed by atoms with Gasteiger partial charge in [-0.05, 0) is 55.8 Å². The number of fused-ring (bicyclic) bond motifs is 3. The van der Waals surface area contributed by atoms with E-state index in [0.29, 0.717) is 36.4 Å². The molecule has 0 aromatic rings. The number of esters is 1. The summed E-state index contributed by atoms with van der Waals surface area (Å²) in [6.07, 6.45) is 5.36. The highest BCUT2D eigenvalue weighted by atomic mass is 16.6. The number of Topliss-reactive ketones (excluding diaryl/α,β-unsaturated/α-hetero) is 1. The lowest BCUT2D eigenvalue weighted by Crippen LogP contribution is -2.58. The summed E-state index contributed by atoms with van der Waals surface area (Å²) in [6, 6.07) is 0. The van der Waals surface area contributed by atoms with Gasteiger partial charge in [-0.15, -0.1) is 0 Å². The Kier molecular flexibility index (Phi) is 4.59. The van der Waals surface area contributed by atoms with Gasteiger partial charge in [0.1, 0.15) is 11.7 Å². The molecule has 4 nitrogen and oxygen atoms in total. The van der Waals surface area contributed by atoms with Gasteiger partial charge < -0.3 is 9.47 Å². The highest BCUT2D eigenvalue weighted by Gasteiger charge is 2.74. The molecule has 3 rings (SSSR count). The second kappa shape index (κ2) is 6.07. The third-order valence-corrected chi connectivity index (χ3v) is 8.34. The fraction of sp³-hybridized carbons (Fsp3) is 0.905. The molecule has 0 radical (unpaired) electrons. The van der Waals surface area contributed by atoms with E-state index < -0.39 is 0 Å². The van der Waals surface area contributed by atoms with E-state index >= 15 is 0 Å². The molecule has 142 valence electrons. The van der Waals surface area contributed by atoms with Crippen molar-refractivity contribution in [1.82, 2.24) is 0 Å². The van der Waals surface area contributed by atoms with E-state index in [2.05, 4.69) is 34.6 Å². The predicted octanol–water partition coefficient (Wildman–Crippen LogP) is 4.15. The number of carbonyl (C=O) groups is 2. The number of epoxide rings is 1. The normalized spacial score (nSPS) is 46.8. The number of hydrogen-bond acceptors (Lipinski definition) is 4. The summed E-state index contributed by atoms with van der Waals surface area (Å²) in [5.41, 5.74) is -0.0581. The highest BCUT2D eigenvalue weighted by molar-refractivity contribution is 5.89. The van der Waals surface area contributed by atoms with Crippen LogP contribution in [-0.4, -0.2) is 30.6 Å². The minimum Gasteiger partial charge on any atom is -0.469 e. The maximum Gasteiger partial charge on any atom is 0.305 e. The molecule has 0 amide bonds. The molecule has 0 N–H and O–H groups in total. The van der Waals surface area contributed by atoms with Gasteiger partial charge in [0, 0.05) is 18.3 Å². The Bertz CT molecular complexity index is 572. The van der Waals surface area contributed by atoms with Crippen LogP contribution in [-0.2, 0) is 19.1 Å². The van der Waals surface area contributed by atoms with Crippen LogP contribution >= 0.6 is 0 Å². The molecular weight excluding hydrogens is 316 g/mol. The Morgan fingerprint density at radius 2 is 2.04 bits per heavy atom. The summed E-state index contributed by atoms with van der Waals surface area (Å²) in [7, 11) is 1.45. The molecule has 25 heavy (non-hydrogen) atoms. The summed E-state index contributed by atoms with van der Waals surface area (Å²) < 4.78 is 10.8. The Hall–Kier alpha value is -0.900. The minimum absolute atomic E-state index is 0.0818. The van der Waals surface area contributed by atoms with Gasteiger partial charge in [0.2, 0.25) is 0 Å². The van der Waals surface area contributed by atoms with Crippen molar-refractivity contribution < 1.29 is 19.1 Å². The number of rotatable bonds is 5. The molecule has 3 fully saturated rings.